The highest BCUT2D eigenvalue weighted by molar-refractivity contribution is 5.98. The summed E-state index contributed by atoms with van der Waals surface area (Å²) in [6, 6.07) is 71.8. The van der Waals surface area contributed by atoms with E-state index in [0.29, 0.717) is 0 Å². The van der Waals surface area contributed by atoms with Crippen molar-refractivity contribution in [1.82, 2.24) is 0 Å². The molecular formula is C65H63N. The number of hydrogen-bond donors (Lipinski definition) is 0. The van der Waals surface area contributed by atoms with E-state index in [1.807, 2.05) is 0 Å². The molecule has 0 aromatic heterocycles. The molecule has 0 spiro atoms. The van der Waals surface area contributed by atoms with E-state index in [0.717, 1.165) is 18.5 Å². The molecule has 1 heteroatoms. The lowest BCUT2D eigenvalue weighted by atomic mass is 9.61. The van der Waals surface area contributed by atoms with Crippen LogP contribution in [0.5, 0.6) is 0 Å². The summed E-state index contributed by atoms with van der Waals surface area (Å²) < 4.78 is 0. The van der Waals surface area contributed by atoms with E-state index in [1.165, 1.54) is 102 Å². The first-order valence-corrected chi connectivity index (χ1v) is 24.4. The molecule has 1 nitrogen and oxygen atoms in total. The number of rotatable bonds is 7. The average Bonchev–Trinajstić information content (AvgIpc) is 3.63. The SMILES string of the molecule is CC1(C)CCC(C)(C)c2cc(N(c3ccc(-c4ccccc4)cc3)c3cc4c(cc3-c3cccc5c3C(C)(C)CCC5(C)C)-c3ccccc3C4(c3ccccc3)c3ccccc3)ccc21. The highest BCUT2D eigenvalue weighted by atomic mass is 15.1. The minimum Gasteiger partial charge on any atom is -0.310 e. The van der Waals surface area contributed by atoms with E-state index in [1.54, 1.807) is 0 Å². The van der Waals surface area contributed by atoms with Crippen molar-refractivity contribution in [3.05, 3.63) is 233 Å². The maximum atomic E-state index is 2.62. The van der Waals surface area contributed by atoms with Crippen molar-refractivity contribution in [2.75, 3.05) is 4.90 Å². The van der Waals surface area contributed by atoms with Crippen molar-refractivity contribution in [3.63, 3.8) is 0 Å². The summed E-state index contributed by atoms with van der Waals surface area (Å²) in [4.78, 5) is 2.62. The van der Waals surface area contributed by atoms with Gasteiger partial charge < -0.3 is 4.90 Å². The Kier molecular flexibility index (Phi) is 9.79. The van der Waals surface area contributed by atoms with E-state index >= 15 is 0 Å². The van der Waals surface area contributed by atoms with Crippen LogP contribution in [0.15, 0.2) is 188 Å². The van der Waals surface area contributed by atoms with Crippen LogP contribution in [0, 0.1) is 0 Å². The predicted molar refractivity (Wildman–Crippen MR) is 280 cm³/mol. The van der Waals surface area contributed by atoms with Crippen LogP contribution in [0.4, 0.5) is 17.1 Å². The van der Waals surface area contributed by atoms with E-state index < -0.39 is 5.41 Å². The minimum absolute atomic E-state index is 0.0168. The molecular weight excluding hydrogens is 795 g/mol. The van der Waals surface area contributed by atoms with Crippen molar-refractivity contribution in [1.29, 1.82) is 0 Å². The molecule has 0 unspecified atom stereocenters. The lowest BCUT2D eigenvalue weighted by Gasteiger charge is -2.44. The van der Waals surface area contributed by atoms with Crippen molar-refractivity contribution in [2.24, 2.45) is 0 Å². The van der Waals surface area contributed by atoms with E-state index in [-0.39, 0.29) is 21.7 Å². The van der Waals surface area contributed by atoms with Crippen LogP contribution in [0.3, 0.4) is 0 Å². The van der Waals surface area contributed by atoms with Crippen molar-refractivity contribution < 1.29 is 0 Å². The summed E-state index contributed by atoms with van der Waals surface area (Å²) in [6.07, 6.45) is 4.64. The minimum atomic E-state index is -0.552. The quantitative estimate of drug-likeness (QED) is 0.154. The zero-order valence-electron chi connectivity index (χ0n) is 40.2. The summed E-state index contributed by atoms with van der Waals surface area (Å²) in [5.74, 6) is 0. The van der Waals surface area contributed by atoms with E-state index in [9.17, 15) is 0 Å². The molecule has 3 aliphatic rings. The fourth-order valence-corrected chi connectivity index (χ4v) is 12.4. The van der Waals surface area contributed by atoms with Gasteiger partial charge in [0.15, 0.2) is 0 Å². The first kappa shape index (κ1) is 42.2. The molecule has 0 aliphatic heterocycles. The maximum Gasteiger partial charge on any atom is 0.0714 e. The molecule has 8 aromatic rings. The van der Waals surface area contributed by atoms with Gasteiger partial charge >= 0.3 is 0 Å². The number of fused-ring (bicyclic) bond motifs is 5. The summed E-state index contributed by atoms with van der Waals surface area (Å²) in [7, 11) is 0. The zero-order chi connectivity index (χ0) is 45.6. The summed E-state index contributed by atoms with van der Waals surface area (Å²) in [6.45, 7) is 19.7. The van der Waals surface area contributed by atoms with Gasteiger partial charge in [0.1, 0.15) is 0 Å². The normalized spacial score (nSPS) is 17.8. The average molecular weight is 858 g/mol. The number of hydrogen-bond acceptors (Lipinski definition) is 1. The first-order chi connectivity index (χ1) is 31.7. The molecule has 11 rings (SSSR count). The molecule has 0 heterocycles. The van der Waals surface area contributed by atoms with Crippen LogP contribution >= 0.6 is 0 Å². The fraction of sp³-hybridized carbons (Fsp3) is 0.262. The van der Waals surface area contributed by atoms with Gasteiger partial charge in [0, 0.05) is 16.9 Å². The van der Waals surface area contributed by atoms with Gasteiger partial charge in [0.05, 0.1) is 11.1 Å². The lowest BCUT2D eigenvalue weighted by Crippen LogP contribution is -2.34. The summed E-state index contributed by atoms with van der Waals surface area (Å²) >= 11 is 0. The molecule has 66 heavy (non-hydrogen) atoms. The Morgan fingerprint density at radius 1 is 0.318 bits per heavy atom. The smallest absolute Gasteiger partial charge is 0.0714 e. The van der Waals surface area contributed by atoms with E-state index in [4.69, 9.17) is 0 Å². The highest BCUT2D eigenvalue weighted by Gasteiger charge is 2.48. The second-order valence-electron chi connectivity index (χ2n) is 22.2. The molecule has 0 saturated heterocycles. The zero-order valence-corrected chi connectivity index (χ0v) is 40.2. The Morgan fingerprint density at radius 2 is 0.818 bits per heavy atom. The van der Waals surface area contributed by atoms with Crippen molar-refractivity contribution >= 4 is 17.1 Å². The highest BCUT2D eigenvalue weighted by Crippen LogP contribution is 2.60. The maximum absolute atomic E-state index is 2.62. The van der Waals surface area contributed by atoms with Gasteiger partial charge in [-0.2, -0.15) is 0 Å². The molecule has 0 saturated carbocycles. The van der Waals surface area contributed by atoms with Crippen LogP contribution in [-0.2, 0) is 27.1 Å². The molecule has 8 aromatic carbocycles. The Bertz CT molecular complexity index is 3070. The monoisotopic (exact) mass is 857 g/mol. The summed E-state index contributed by atoms with van der Waals surface area (Å²) in [5.41, 5.74) is 21.9. The van der Waals surface area contributed by atoms with Crippen LogP contribution in [0.1, 0.15) is 126 Å². The largest absolute Gasteiger partial charge is 0.310 e. The molecule has 0 fully saturated rings. The van der Waals surface area contributed by atoms with Gasteiger partial charge in [0.25, 0.3) is 0 Å². The van der Waals surface area contributed by atoms with Crippen LogP contribution in [-0.4, -0.2) is 0 Å². The molecule has 0 radical (unpaired) electrons. The Labute approximate surface area is 394 Å². The molecule has 0 amide bonds. The standard InChI is InChI=1S/C65H63N/c1-61(2)37-38-63(5,6)58-41-49(35-36-55(58)61)66(48-33-31-45(32-34-48)44-21-12-9-13-22-44)59-43-57-52(42-53(59)51-28-20-30-56-60(51)64(7,8)40-39-62(56,3)4)50-27-18-19-29-54(50)65(57,46-23-14-10-15-24-46)47-25-16-11-17-26-47/h9-36,41-43H,37-40H2,1-8H3. The van der Waals surface area contributed by atoms with Gasteiger partial charge in [-0.1, -0.05) is 207 Å². The topological polar surface area (TPSA) is 3.24 Å². The molecule has 0 atom stereocenters. The third-order valence-electron chi connectivity index (χ3n) is 16.3. The van der Waals surface area contributed by atoms with Gasteiger partial charge in [0.2, 0.25) is 0 Å². The van der Waals surface area contributed by atoms with Gasteiger partial charge in [-0.15, -0.1) is 0 Å². The summed E-state index contributed by atoms with van der Waals surface area (Å²) in [5, 5.41) is 0. The van der Waals surface area contributed by atoms with Gasteiger partial charge in [-0.25, -0.2) is 0 Å². The van der Waals surface area contributed by atoms with Gasteiger partial charge in [-0.3, -0.25) is 0 Å². The predicted octanol–water partition coefficient (Wildman–Crippen LogP) is 17.6. The number of benzene rings is 8. The second-order valence-corrected chi connectivity index (χ2v) is 22.2. The Morgan fingerprint density at radius 3 is 1.47 bits per heavy atom. The molecule has 3 aliphatic carbocycles. The first-order valence-electron chi connectivity index (χ1n) is 24.4. The second kappa shape index (κ2) is 15.3. The number of nitrogens with zero attached hydrogens (tertiary/aromatic N) is 1. The van der Waals surface area contributed by atoms with Crippen molar-refractivity contribution in [3.8, 4) is 33.4 Å². The van der Waals surface area contributed by atoms with Crippen molar-refractivity contribution in [2.45, 2.75) is 108 Å². The Hall–Kier alpha value is -6.44. The third-order valence-corrected chi connectivity index (χ3v) is 16.3. The van der Waals surface area contributed by atoms with Gasteiger partial charge in [-0.05, 0) is 156 Å². The third kappa shape index (κ3) is 6.56. The number of anilines is 3. The molecule has 328 valence electrons. The van der Waals surface area contributed by atoms with Crippen LogP contribution < -0.4 is 4.90 Å². The fourth-order valence-electron chi connectivity index (χ4n) is 12.4. The molecule has 0 bridgehead atoms. The Balaban J connectivity index is 1.29. The lowest BCUT2D eigenvalue weighted by molar-refractivity contribution is 0.332. The van der Waals surface area contributed by atoms with Crippen LogP contribution in [0.2, 0.25) is 0 Å². The molecule has 0 N–H and O–H groups in total. The van der Waals surface area contributed by atoms with E-state index in [2.05, 4.69) is 248 Å². The van der Waals surface area contributed by atoms with Crippen LogP contribution in [0.25, 0.3) is 33.4 Å².